The van der Waals surface area contributed by atoms with E-state index in [0.717, 1.165) is 22.4 Å². The summed E-state index contributed by atoms with van der Waals surface area (Å²) in [6, 6.07) is 26.7. The third-order valence-corrected chi connectivity index (χ3v) is 6.61. The van der Waals surface area contributed by atoms with E-state index < -0.39 is 0 Å². The van der Waals surface area contributed by atoms with Crippen molar-refractivity contribution in [3.05, 3.63) is 118 Å². The van der Waals surface area contributed by atoms with Crippen LogP contribution in [0.5, 0.6) is 0 Å². The molecular weight excluding hydrogens is 555 g/mol. The van der Waals surface area contributed by atoms with Crippen molar-refractivity contribution in [2.75, 3.05) is 11.9 Å². The first kappa shape index (κ1) is 31.4. The first-order valence-electron chi connectivity index (χ1n) is 11.8. The van der Waals surface area contributed by atoms with Crippen molar-refractivity contribution in [1.29, 1.82) is 5.41 Å². The number of amidine groups is 1. The summed E-state index contributed by atoms with van der Waals surface area (Å²) >= 11 is 1.33. The Hall–Kier alpha value is -3.79. The second-order valence-corrected chi connectivity index (χ2v) is 9.35. The van der Waals surface area contributed by atoms with Gasteiger partial charge in [0.2, 0.25) is 5.91 Å². The molecule has 1 aromatic heterocycles. The zero-order valence-corrected chi connectivity index (χ0v) is 23.5. The molecule has 0 saturated carbocycles. The van der Waals surface area contributed by atoms with Gasteiger partial charge in [0.05, 0.1) is 6.20 Å². The maximum absolute atomic E-state index is 13.4. The van der Waals surface area contributed by atoms with Crippen LogP contribution in [0.2, 0.25) is 0 Å². The van der Waals surface area contributed by atoms with E-state index in [4.69, 9.17) is 11.1 Å². The highest BCUT2D eigenvalue weighted by atomic mass is 35.5. The van der Waals surface area contributed by atoms with Gasteiger partial charge in [-0.1, -0.05) is 84.6 Å². The quantitative estimate of drug-likeness (QED) is 0.117. The van der Waals surface area contributed by atoms with E-state index in [1.807, 2.05) is 60.7 Å². The van der Waals surface area contributed by atoms with Crippen molar-refractivity contribution < 1.29 is 4.79 Å². The zero-order chi connectivity index (χ0) is 26.0. The van der Waals surface area contributed by atoms with E-state index in [9.17, 15) is 9.59 Å². The van der Waals surface area contributed by atoms with Crippen LogP contribution >= 0.6 is 36.6 Å². The zero-order valence-electron chi connectivity index (χ0n) is 21.0. The Morgan fingerprint density at radius 2 is 1.56 bits per heavy atom. The van der Waals surface area contributed by atoms with Gasteiger partial charge in [0.25, 0.3) is 5.56 Å². The van der Waals surface area contributed by atoms with Gasteiger partial charge in [0.15, 0.2) is 5.16 Å². The number of nitrogens with one attached hydrogen (secondary N) is 3. The number of rotatable bonds is 11. The maximum Gasteiger partial charge on any atom is 0.278 e. The number of nitrogens with two attached hydrogens (primary N) is 1. The summed E-state index contributed by atoms with van der Waals surface area (Å²) in [5.41, 5.74) is 8.18. The highest BCUT2D eigenvalue weighted by Crippen LogP contribution is 2.25. The number of nitrogen functional groups attached to an aromatic ring is 1. The molecule has 1 heterocycles. The molecule has 8 nitrogen and oxygen atoms in total. The molecule has 0 fully saturated rings. The fourth-order valence-electron chi connectivity index (χ4n) is 3.60. The summed E-state index contributed by atoms with van der Waals surface area (Å²) in [6.07, 6.45) is 2.29. The van der Waals surface area contributed by atoms with E-state index in [2.05, 4.69) is 15.6 Å². The van der Waals surface area contributed by atoms with E-state index in [1.165, 1.54) is 22.5 Å². The predicted molar refractivity (Wildman–Crippen MR) is 161 cm³/mol. The normalized spacial score (nSPS) is 10.1. The van der Waals surface area contributed by atoms with E-state index >= 15 is 0 Å². The van der Waals surface area contributed by atoms with Gasteiger partial charge in [-0.25, -0.2) is 4.98 Å². The lowest BCUT2D eigenvalue weighted by Gasteiger charge is -2.14. The molecular formula is C28H30Cl2N6O2S. The first-order chi connectivity index (χ1) is 18.0. The summed E-state index contributed by atoms with van der Waals surface area (Å²) in [4.78, 5) is 31.6. The smallest absolute Gasteiger partial charge is 0.278 e. The number of nitrogens with zero attached hydrogens (tertiary/aromatic N) is 2. The molecule has 0 unspecified atom stereocenters. The second-order valence-electron chi connectivity index (χ2n) is 8.31. The van der Waals surface area contributed by atoms with Gasteiger partial charge in [0.1, 0.15) is 18.1 Å². The van der Waals surface area contributed by atoms with Gasteiger partial charge < -0.3 is 16.4 Å². The average Bonchev–Trinajstić information content (AvgIpc) is 2.92. The number of benzene rings is 3. The first-order valence-corrected chi connectivity index (χ1v) is 12.6. The van der Waals surface area contributed by atoms with Gasteiger partial charge in [-0.05, 0) is 29.7 Å². The molecule has 0 atom stereocenters. The van der Waals surface area contributed by atoms with Crippen molar-refractivity contribution >= 4 is 54.0 Å². The maximum atomic E-state index is 13.4. The van der Waals surface area contributed by atoms with Crippen LogP contribution in [0, 0.1) is 5.41 Å². The average molecular weight is 586 g/mol. The molecule has 39 heavy (non-hydrogen) atoms. The number of aromatic nitrogens is 2. The van der Waals surface area contributed by atoms with Crippen LogP contribution in [-0.2, 0) is 24.3 Å². The number of amides is 1. The molecule has 11 heteroatoms. The molecule has 0 radical (unpaired) electrons. The molecule has 0 bridgehead atoms. The highest BCUT2D eigenvalue weighted by molar-refractivity contribution is 7.99. The fraction of sp³-hybridized carbons (Fsp3) is 0.143. The Labute approximate surface area is 243 Å². The number of anilines is 1. The Morgan fingerprint density at radius 3 is 2.21 bits per heavy atom. The molecule has 4 rings (SSSR count). The molecule has 0 saturated heterocycles. The minimum atomic E-state index is -0.309. The lowest BCUT2D eigenvalue weighted by molar-refractivity contribution is -0.122. The SMILES string of the molecule is Cl.Cl.N=C(N)c1ccc(CNC(=O)Cn2c(Sc3ccccc3)ncc(NCCc3ccccc3)c2=O)cc1. The summed E-state index contributed by atoms with van der Waals surface area (Å²) < 4.78 is 1.40. The number of hydrogen-bond donors (Lipinski definition) is 4. The van der Waals surface area contributed by atoms with Crippen LogP contribution in [-0.4, -0.2) is 27.8 Å². The van der Waals surface area contributed by atoms with Crippen LogP contribution < -0.4 is 21.9 Å². The third-order valence-electron chi connectivity index (χ3n) is 5.59. The van der Waals surface area contributed by atoms with Crippen LogP contribution in [0.4, 0.5) is 5.69 Å². The molecule has 3 aromatic carbocycles. The lowest BCUT2D eigenvalue weighted by atomic mass is 10.1. The Morgan fingerprint density at radius 1 is 0.923 bits per heavy atom. The molecule has 0 aliphatic heterocycles. The molecule has 0 aliphatic carbocycles. The van der Waals surface area contributed by atoms with Crippen molar-refractivity contribution in [2.45, 2.75) is 29.6 Å². The van der Waals surface area contributed by atoms with Gasteiger partial charge in [-0.15, -0.1) is 24.8 Å². The fourth-order valence-corrected chi connectivity index (χ4v) is 4.47. The second kappa shape index (κ2) is 15.6. The van der Waals surface area contributed by atoms with Crippen molar-refractivity contribution in [1.82, 2.24) is 14.9 Å². The topological polar surface area (TPSA) is 126 Å². The molecule has 5 N–H and O–H groups in total. The largest absolute Gasteiger partial charge is 0.384 e. The Balaban J connectivity index is 0.00000267. The standard InChI is InChI=1S/C28H28N6O2S.2ClH/c29-26(30)22-13-11-21(12-14-22)17-32-25(35)19-34-27(36)24(31-16-15-20-7-3-1-4-8-20)18-33-28(34)37-23-9-5-2-6-10-23;;/h1-14,18,31H,15-17,19H2,(H3,29,30)(H,32,35);2*1H. The lowest BCUT2D eigenvalue weighted by Crippen LogP contribution is -2.34. The van der Waals surface area contributed by atoms with Gasteiger partial charge in [-0.2, -0.15) is 0 Å². The van der Waals surface area contributed by atoms with Crippen LogP contribution in [0.1, 0.15) is 16.7 Å². The summed E-state index contributed by atoms with van der Waals surface area (Å²) in [5.74, 6) is -0.320. The number of hydrogen-bond acceptors (Lipinski definition) is 6. The van der Waals surface area contributed by atoms with Crippen molar-refractivity contribution in [3.63, 3.8) is 0 Å². The minimum Gasteiger partial charge on any atom is -0.384 e. The van der Waals surface area contributed by atoms with Crippen LogP contribution in [0.25, 0.3) is 0 Å². The predicted octanol–water partition coefficient (Wildman–Crippen LogP) is 4.49. The van der Waals surface area contributed by atoms with E-state index in [1.54, 1.807) is 24.3 Å². The summed E-state index contributed by atoms with van der Waals surface area (Å²) in [6.45, 7) is 0.685. The minimum absolute atomic E-state index is 0. The highest BCUT2D eigenvalue weighted by Gasteiger charge is 2.15. The third kappa shape index (κ3) is 9.17. The summed E-state index contributed by atoms with van der Waals surface area (Å²) in [7, 11) is 0. The Kier molecular flexibility index (Phi) is 12.6. The van der Waals surface area contributed by atoms with Gasteiger partial charge in [0, 0.05) is 23.5 Å². The Bertz CT molecular complexity index is 1420. The molecule has 4 aromatic rings. The number of carbonyl (C=O) groups is 1. The molecule has 0 aliphatic rings. The van der Waals surface area contributed by atoms with Gasteiger partial charge in [-0.3, -0.25) is 19.6 Å². The molecule has 0 spiro atoms. The molecule has 204 valence electrons. The molecule has 1 amide bonds. The van der Waals surface area contributed by atoms with Gasteiger partial charge >= 0.3 is 0 Å². The van der Waals surface area contributed by atoms with Crippen LogP contribution in [0.3, 0.4) is 0 Å². The van der Waals surface area contributed by atoms with E-state index in [0.29, 0.717) is 23.0 Å². The van der Waals surface area contributed by atoms with E-state index in [-0.39, 0.29) is 55.2 Å². The number of halogens is 2. The van der Waals surface area contributed by atoms with Crippen molar-refractivity contribution in [3.8, 4) is 0 Å². The van der Waals surface area contributed by atoms with Crippen LogP contribution in [0.15, 0.2) is 106 Å². The summed E-state index contributed by atoms with van der Waals surface area (Å²) in [5, 5.41) is 14.0. The van der Waals surface area contributed by atoms with Crippen molar-refractivity contribution in [2.24, 2.45) is 5.73 Å². The monoisotopic (exact) mass is 584 g/mol. The number of carbonyl (C=O) groups excluding carboxylic acids is 1.